The van der Waals surface area contributed by atoms with Crippen LogP contribution in [0.4, 0.5) is 11.4 Å². The first-order valence-electron chi connectivity index (χ1n) is 9.25. The molecule has 0 unspecified atom stereocenters. The lowest BCUT2D eigenvalue weighted by molar-refractivity contribution is -0.118. The summed E-state index contributed by atoms with van der Waals surface area (Å²) < 4.78 is 5.39. The van der Waals surface area contributed by atoms with E-state index in [4.69, 9.17) is 16.3 Å². The Morgan fingerprint density at radius 2 is 1.97 bits per heavy atom. The zero-order valence-corrected chi connectivity index (χ0v) is 17.0. The Labute approximate surface area is 174 Å². The summed E-state index contributed by atoms with van der Waals surface area (Å²) in [6.07, 6.45) is 1.33. The third-order valence-electron chi connectivity index (χ3n) is 4.67. The Morgan fingerprint density at radius 3 is 2.62 bits per heavy atom. The summed E-state index contributed by atoms with van der Waals surface area (Å²) in [6.45, 7) is 2.23. The number of nitrogens with one attached hydrogen (secondary N) is 2. The van der Waals surface area contributed by atoms with E-state index in [0.717, 1.165) is 6.42 Å². The molecule has 2 aromatic carbocycles. The Bertz CT molecular complexity index is 947. The Balaban J connectivity index is 1.67. The third-order valence-corrected chi connectivity index (χ3v) is 5.00. The molecule has 1 heterocycles. The SMILES string of the molecule is COc1cc(NC(=O)[C@@H](C)NC(=O)c2ccccc2Cl)ccc1N1CCCC1=O. The van der Waals surface area contributed by atoms with Crippen molar-refractivity contribution < 1.29 is 19.1 Å². The molecule has 1 atom stereocenters. The largest absolute Gasteiger partial charge is 0.494 e. The second-order valence-electron chi connectivity index (χ2n) is 6.70. The molecule has 2 aromatic rings. The van der Waals surface area contributed by atoms with Crippen LogP contribution in [0.5, 0.6) is 5.75 Å². The molecule has 8 heteroatoms. The fraction of sp³-hybridized carbons (Fsp3) is 0.286. The second kappa shape index (κ2) is 8.96. The van der Waals surface area contributed by atoms with Gasteiger partial charge in [0.1, 0.15) is 11.8 Å². The maximum atomic E-state index is 12.5. The Kier molecular flexibility index (Phi) is 6.39. The minimum absolute atomic E-state index is 0.0518. The van der Waals surface area contributed by atoms with Crippen LogP contribution in [0.2, 0.25) is 5.02 Å². The molecule has 0 aliphatic carbocycles. The van der Waals surface area contributed by atoms with Gasteiger partial charge in [0, 0.05) is 24.7 Å². The van der Waals surface area contributed by atoms with Gasteiger partial charge in [-0.15, -0.1) is 0 Å². The quantitative estimate of drug-likeness (QED) is 0.758. The fourth-order valence-corrected chi connectivity index (χ4v) is 3.34. The molecule has 0 radical (unpaired) electrons. The predicted octanol–water partition coefficient (Wildman–Crippen LogP) is 3.23. The molecule has 1 fully saturated rings. The summed E-state index contributed by atoms with van der Waals surface area (Å²) in [5, 5.41) is 5.69. The molecule has 0 saturated carbocycles. The molecule has 3 amide bonds. The number of rotatable bonds is 6. The van der Waals surface area contributed by atoms with Gasteiger partial charge < -0.3 is 20.3 Å². The van der Waals surface area contributed by atoms with Gasteiger partial charge in [-0.05, 0) is 37.6 Å². The van der Waals surface area contributed by atoms with Crippen molar-refractivity contribution in [1.82, 2.24) is 5.32 Å². The lowest BCUT2D eigenvalue weighted by Gasteiger charge is -2.20. The van der Waals surface area contributed by atoms with Gasteiger partial charge >= 0.3 is 0 Å². The Morgan fingerprint density at radius 1 is 1.21 bits per heavy atom. The smallest absolute Gasteiger partial charge is 0.253 e. The fourth-order valence-electron chi connectivity index (χ4n) is 3.12. The molecule has 1 aliphatic rings. The van der Waals surface area contributed by atoms with Gasteiger partial charge in [-0.25, -0.2) is 0 Å². The minimum Gasteiger partial charge on any atom is -0.494 e. The number of halogens is 1. The van der Waals surface area contributed by atoms with E-state index in [1.807, 2.05) is 0 Å². The summed E-state index contributed by atoms with van der Waals surface area (Å²) >= 11 is 6.02. The first-order valence-corrected chi connectivity index (χ1v) is 9.63. The number of anilines is 2. The van der Waals surface area contributed by atoms with Gasteiger partial charge in [-0.1, -0.05) is 23.7 Å². The molecule has 29 heavy (non-hydrogen) atoms. The lowest BCUT2D eigenvalue weighted by Crippen LogP contribution is -2.41. The first kappa shape index (κ1) is 20.7. The van der Waals surface area contributed by atoms with Crippen LogP contribution in [0.25, 0.3) is 0 Å². The van der Waals surface area contributed by atoms with E-state index >= 15 is 0 Å². The van der Waals surface area contributed by atoms with Crippen molar-refractivity contribution in [3.8, 4) is 5.75 Å². The summed E-state index contributed by atoms with van der Waals surface area (Å²) in [5.74, 6) is -0.280. The maximum Gasteiger partial charge on any atom is 0.253 e. The van der Waals surface area contributed by atoms with Crippen LogP contribution < -0.4 is 20.3 Å². The predicted molar refractivity (Wildman–Crippen MR) is 112 cm³/mol. The van der Waals surface area contributed by atoms with Gasteiger partial charge in [0.15, 0.2) is 0 Å². The van der Waals surface area contributed by atoms with Crippen LogP contribution in [0.3, 0.4) is 0 Å². The number of carbonyl (C=O) groups excluding carboxylic acids is 3. The van der Waals surface area contributed by atoms with Crippen molar-refractivity contribution in [1.29, 1.82) is 0 Å². The molecular weight excluding hydrogens is 394 g/mol. The van der Waals surface area contributed by atoms with Gasteiger partial charge in [-0.2, -0.15) is 0 Å². The lowest BCUT2D eigenvalue weighted by atomic mass is 10.2. The number of hydrogen-bond donors (Lipinski definition) is 2. The number of ether oxygens (including phenoxy) is 1. The number of nitrogens with zero attached hydrogens (tertiary/aromatic N) is 1. The third kappa shape index (κ3) is 4.68. The summed E-state index contributed by atoms with van der Waals surface area (Å²) in [6, 6.07) is 10.9. The normalized spacial score (nSPS) is 14.4. The molecular formula is C21H22ClN3O4. The van der Waals surface area contributed by atoms with Crippen molar-refractivity contribution in [2.45, 2.75) is 25.8 Å². The summed E-state index contributed by atoms with van der Waals surface area (Å²) in [4.78, 5) is 38.5. The standard InChI is InChI=1S/C21H22ClN3O4/c1-13(23-21(28)15-6-3-4-7-16(15)22)20(27)24-14-9-10-17(18(12-14)29-2)25-11-5-8-19(25)26/h3-4,6-7,9-10,12-13H,5,8,11H2,1-2H3,(H,23,28)(H,24,27)/t13-/m1/s1. The van der Waals surface area contributed by atoms with Crippen LogP contribution >= 0.6 is 11.6 Å². The van der Waals surface area contributed by atoms with E-state index in [0.29, 0.717) is 40.7 Å². The molecule has 1 saturated heterocycles. The summed E-state index contributed by atoms with van der Waals surface area (Å²) in [5.41, 5.74) is 1.48. The van der Waals surface area contributed by atoms with E-state index < -0.39 is 17.9 Å². The van der Waals surface area contributed by atoms with E-state index in [1.54, 1.807) is 54.3 Å². The molecule has 2 N–H and O–H groups in total. The molecule has 0 bridgehead atoms. The molecule has 0 spiro atoms. The summed E-state index contributed by atoms with van der Waals surface area (Å²) in [7, 11) is 1.51. The van der Waals surface area contributed by atoms with Crippen LogP contribution in [0, 0.1) is 0 Å². The zero-order valence-electron chi connectivity index (χ0n) is 16.2. The average molecular weight is 416 g/mol. The van der Waals surface area contributed by atoms with Crippen molar-refractivity contribution in [3.63, 3.8) is 0 Å². The van der Waals surface area contributed by atoms with Crippen molar-refractivity contribution >= 4 is 40.7 Å². The highest BCUT2D eigenvalue weighted by Gasteiger charge is 2.25. The van der Waals surface area contributed by atoms with Crippen LogP contribution in [0.15, 0.2) is 42.5 Å². The van der Waals surface area contributed by atoms with Crippen molar-refractivity contribution in [2.75, 3.05) is 23.9 Å². The first-order chi connectivity index (χ1) is 13.9. The van der Waals surface area contributed by atoms with Crippen LogP contribution in [-0.2, 0) is 9.59 Å². The average Bonchev–Trinajstić information content (AvgIpc) is 3.13. The minimum atomic E-state index is -0.787. The molecule has 152 valence electrons. The number of amides is 3. The van der Waals surface area contributed by atoms with Crippen LogP contribution in [-0.4, -0.2) is 37.4 Å². The van der Waals surface area contributed by atoms with Gasteiger partial charge in [0.2, 0.25) is 11.8 Å². The van der Waals surface area contributed by atoms with Gasteiger partial charge in [0.25, 0.3) is 5.91 Å². The van der Waals surface area contributed by atoms with E-state index in [2.05, 4.69) is 10.6 Å². The zero-order chi connectivity index (χ0) is 21.0. The number of hydrogen-bond acceptors (Lipinski definition) is 4. The highest BCUT2D eigenvalue weighted by molar-refractivity contribution is 6.33. The van der Waals surface area contributed by atoms with Gasteiger partial charge in [0.05, 0.1) is 23.4 Å². The topological polar surface area (TPSA) is 87.7 Å². The number of benzene rings is 2. The molecule has 0 aromatic heterocycles. The van der Waals surface area contributed by atoms with Gasteiger partial charge in [-0.3, -0.25) is 14.4 Å². The van der Waals surface area contributed by atoms with E-state index in [-0.39, 0.29) is 5.91 Å². The molecule has 7 nitrogen and oxygen atoms in total. The van der Waals surface area contributed by atoms with E-state index in [9.17, 15) is 14.4 Å². The van der Waals surface area contributed by atoms with Crippen molar-refractivity contribution in [3.05, 3.63) is 53.1 Å². The highest BCUT2D eigenvalue weighted by Crippen LogP contribution is 2.33. The number of methoxy groups -OCH3 is 1. The van der Waals surface area contributed by atoms with E-state index in [1.165, 1.54) is 7.11 Å². The van der Waals surface area contributed by atoms with Crippen molar-refractivity contribution in [2.24, 2.45) is 0 Å². The second-order valence-corrected chi connectivity index (χ2v) is 7.11. The molecule has 1 aliphatic heterocycles. The maximum absolute atomic E-state index is 12.5. The Hall–Kier alpha value is -3.06. The monoisotopic (exact) mass is 415 g/mol. The highest BCUT2D eigenvalue weighted by atomic mass is 35.5. The van der Waals surface area contributed by atoms with Crippen LogP contribution in [0.1, 0.15) is 30.1 Å². The number of carbonyl (C=O) groups is 3. The molecule has 3 rings (SSSR count).